The number of thiazole rings is 1. The van der Waals surface area contributed by atoms with E-state index in [9.17, 15) is 4.79 Å². The highest BCUT2D eigenvalue weighted by Gasteiger charge is 2.32. The van der Waals surface area contributed by atoms with Crippen molar-refractivity contribution in [2.24, 2.45) is 0 Å². The maximum absolute atomic E-state index is 11.1. The average Bonchev–Trinajstić information content (AvgIpc) is 3.04. The van der Waals surface area contributed by atoms with Crippen LogP contribution in [0.5, 0.6) is 0 Å². The van der Waals surface area contributed by atoms with Crippen LogP contribution in [0.1, 0.15) is 29.8 Å². The minimum Gasteiger partial charge on any atom is -0.481 e. The molecule has 7 heteroatoms. The van der Waals surface area contributed by atoms with E-state index in [-0.39, 0.29) is 6.04 Å². The van der Waals surface area contributed by atoms with Gasteiger partial charge in [0.1, 0.15) is 5.92 Å². The van der Waals surface area contributed by atoms with Gasteiger partial charge in [0.2, 0.25) is 0 Å². The molecule has 1 aliphatic carbocycles. The zero-order valence-electron chi connectivity index (χ0n) is 11.1. The van der Waals surface area contributed by atoms with Crippen molar-refractivity contribution in [1.29, 1.82) is 0 Å². The summed E-state index contributed by atoms with van der Waals surface area (Å²) in [6.07, 6.45) is 5.16. The van der Waals surface area contributed by atoms with Crippen LogP contribution in [0.2, 0.25) is 0 Å². The number of hydrogen-bond acceptors (Lipinski definition) is 5. The molecule has 2 unspecified atom stereocenters. The minimum absolute atomic E-state index is 0.185. The number of hydrogen-bond donors (Lipinski definition) is 2. The molecule has 0 saturated carbocycles. The van der Waals surface area contributed by atoms with Crippen molar-refractivity contribution in [3.8, 4) is 0 Å². The highest BCUT2D eigenvalue weighted by molar-refractivity contribution is 7.15. The predicted molar refractivity (Wildman–Crippen MR) is 76.1 cm³/mol. The molecule has 2 aromatic rings. The van der Waals surface area contributed by atoms with Crippen LogP contribution < -0.4 is 5.32 Å². The predicted octanol–water partition coefficient (Wildman–Crippen LogP) is 1.95. The number of anilines is 1. The van der Waals surface area contributed by atoms with E-state index in [2.05, 4.69) is 22.3 Å². The number of carboxylic acid groups (broad SMARTS) is 1. The van der Waals surface area contributed by atoms with Gasteiger partial charge in [0.15, 0.2) is 5.13 Å². The first-order valence-corrected chi connectivity index (χ1v) is 7.41. The van der Waals surface area contributed by atoms with E-state index >= 15 is 0 Å². The highest BCUT2D eigenvalue weighted by atomic mass is 32.1. The third kappa shape index (κ3) is 2.53. The van der Waals surface area contributed by atoms with Crippen LogP contribution in [0, 0.1) is 0 Å². The highest BCUT2D eigenvalue weighted by Crippen LogP contribution is 2.38. The number of carbonyl (C=O) groups is 1. The molecule has 0 radical (unpaired) electrons. The molecule has 2 aromatic heterocycles. The maximum Gasteiger partial charge on any atom is 0.312 e. The van der Waals surface area contributed by atoms with Crippen LogP contribution in [-0.4, -0.2) is 31.9 Å². The lowest BCUT2D eigenvalue weighted by molar-refractivity contribution is -0.138. The smallest absolute Gasteiger partial charge is 0.312 e. The van der Waals surface area contributed by atoms with E-state index in [0.717, 1.165) is 28.7 Å². The molecule has 0 aliphatic heterocycles. The lowest BCUT2D eigenvalue weighted by atomic mass is 10.1. The Kier molecular flexibility index (Phi) is 3.43. The van der Waals surface area contributed by atoms with Crippen LogP contribution in [0.25, 0.3) is 0 Å². The Morgan fingerprint density at radius 1 is 1.70 bits per heavy atom. The van der Waals surface area contributed by atoms with Crippen LogP contribution >= 0.6 is 11.3 Å². The second-order valence-corrected chi connectivity index (χ2v) is 6.11. The van der Waals surface area contributed by atoms with Gasteiger partial charge >= 0.3 is 5.97 Å². The Bertz CT molecular complexity index is 608. The fraction of sp³-hybridized carbons (Fsp3) is 0.462. The molecule has 0 spiro atoms. The zero-order chi connectivity index (χ0) is 14.1. The SMILES string of the molecule is CC(Cn1cccn1)Nc1nc2c(s1)CCC2C(=O)O. The van der Waals surface area contributed by atoms with Gasteiger partial charge in [0.05, 0.1) is 12.2 Å². The number of fused-ring (bicyclic) bond motifs is 1. The van der Waals surface area contributed by atoms with Crippen LogP contribution in [-0.2, 0) is 17.8 Å². The third-order valence-electron chi connectivity index (χ3n) is 3.41. The lowest BCUT2D eigenvalue weighted by Gasteiger charge is -2.13. The molecule has 1 aliphatic rings. The van der Waals surface area contributed by atoms with Gasteiger partial charge in [-0.25, -0.2) is 4.98 Å². The quantitative estimate of drug-likeness (QED) is 0.880. The van der Waals surface area contributed by atoms with E-state index in [1.165, 1.54) is 0 Å². The van der Waals surface area contributed by atoms with Gasteiger partial charge in [-0.2, -0.15) is 5.10 Å². The summed E-state index contributed by atoms with van der Waals surface area (Å²) < 4.78 is 1.86. The first kappa shape index (κ1) is 13.1. The molecule has 3 rings (SSSR count). The van der Waals surface area contributed by atoms with Crippen molar-refractivity contribution in [3.63, 3.8) is 0 Å². The molecule has 6 nitrogen and oxygen atoms in total. The summed E-state index contributed by atoms with van der Waals surface area (Å²) in [7, 11) is 0. The molecule has 20 heavy (non-hydrogen) atoms. The van der Waals surface area contributed by atoms with Crippen molar-refractivity contribution in [3.05, 3.63) is 29.0 Å². The second-order valence-electron chi connectivity index (χ2n) is 5.03. The van der Waals surface area contributed by atoms with E-state index in [1.54, 1.807) is 17.5 Å². The Morgan fingerprint density at radius 2 is 2.55 bits per heavy atom. The lowest BCUT2D eigenvalue weighted by Crippen LogP contribution is -2.22. The average molecular weight is 292 g/mol. The Hall–Kier alpha value is -1.89. The summed E-state index contributed by atoms with van der Waals surface area (Å²) in [4.78, 5) is 16.7. The number of rotatable bonds is 5. The monoisotopic (exact) mass is 292 g/mol. The molecule has 2 atom stereocenters. The molecule has 0 saturated heterocycles. The minimum atomic E-state index is -0.773. The Balaban J connectivity index is 1.67. The number of aliphatic carboxylic acids is 1. The zero-order valence-corrected chi connectivity index (χ0v) is 11.9. The normalized spacial score (nSPS) is 18.8. The van der Waals surface area contributed by atoms with E-state index in [0.29, 0.717) is 6.42 Å². The first-order valence-electron chi connectivity index (χ1n) is 6.60. The molecule has 106 valence electrons. The van der Waals surface area contributed by atoms with Crippen molar-refractivity contribution < 1.29 is 9.90 Å². The standard InChI is InChI=1S/C13H16N4O2S/c1-8(7-17-6-2-5-14-17)15-13-16-11-9(12(18)19)3-4-10(11)20-13/h2,5-6,8-9H,3-4,7H2,1H3,(H,15,16)(H,18,19). The van der Waals surface area contributed by atoms with Crippen LogP contribution in [0.3, 0.4) is 0 Å². The topological polar surface area (TPSA) is 80.0 Å². The van der Waals surface area contributed by atoms with Crippen molar-refractivity contribution >= 4 is 22.4 Å². The Morgan fingerprint density at radius 3 is 3.25 bits per heavy atom. The Labute approximate surface area is 120 Å². The van der Waals surface area contributed by atoms with Gasteiger partial charge in [-0.3, -0.25) is 9.48 Å². The summed E-state index contributed by atoms with van der Waals surface area (Å²) in [5, 5.41) is 17.4. The third-order valence-corrected chi connectivity index (χ3v) is 4.47. The van der Waals surface area contributed by atoms with Gasteiger partial charge in [-0.05, 0) is 25.8 Å². The summed E-state index contributed by atoms with van der Waals surface area (Å²) in [5.74, 6) is -1.21. The molecular formula is C13H16N4O2S. The second kappa shape index (κ2) is 5.24. The summed E-state index contributed by atoms with van der Waals surface area (Å²) >= 11 is 1.57. The van der Waals surface area contributed by atoms with Crippen molar-refractivity contribution in [2.45, 2.75) is 38.3 Å². The van der Waals surface area contributed by atoms with E-state index in [1.807, 2.05) is 16.9 Å². The van der Waals surface area contributed by atoms with Gasteiger partial charge in [-0.15, -0.1) is 11.3 Å². The van der Waals surface area contributed by atoms with Gasteiger partial charge in [-0.1, -0.05) is 0 Å². The molecule has 2 heterocycles. The molecule has 2 N–H and O–H groups in total. The fourth-order valence-corrected chi connectivity index (χ4v) is 3.62. The number of carboxylic acids is 1. The van der Waals surface area contributed by atoms with E-state index < -0.39 is 11.9 Å². The number of nitrogens with zero attached hydrogens (tertiary/aromatic N) is 3. The molecule has 0 aromatic carbocycles. The fourth-order valence-electron chi connectivity index (χ4n) is 2.47. The number of aryl methyl sites for hydroxylation is 1. The summed E-state index contributed by atoms with van der Waals surface area (Å²) in [6.45, 7) is 2.81. The number of nitrogens with one attached hydrogen (secondary N) is 1. The van der Waals surface area contributed by atoms with Gasteiger partial charge < -0.3 is 10.4 Å². The molecular weight excluding hydrogens is 276 g/mol. The van der Waals surface area contributed by atoms with E-state index in [4.69, 9.17) is 5.11 Å². The first-order chi connectivity index (χ1) is 9.63. The van der Waals surface area contributed by atoms with Gasteiger partial charge in [0, 0.05) is 23.3 Å². The largest absolute Gasteiger partial charge is 0.481 e. The van der Waals surface area contributed by atoms with Crippen LogP contribution in [0.4, 0.5) is 5.13 Å². The van der Waals surface area contributed by atoms with Crippen molar-refractivity contribution in [2.75, 3.05) is 5.32 Å². The van der Waals surface area contributed by atoms with Gasteiger partial charge in [0.25, 0.3) is 0 Å². The molecule has 0 fully saturated rings. The summed E-state index contributed by atoms with van der Waals surface area (Å²) in [6, 6.07) is 2.08. The summed E-state index contributed by atoms with van der Waals surface area (Å²) in [5.41, 5.74) is 0.747. The molecule has 0 amide bonds. The molecule has 0 bridgehead atoms. The maximum atomic E-state index is 11.1. The number of aromatic nitrogens is 3. The van der Waals surface area contributed by atoms with Crippen molar-refractivity contribution in [1.82, 2.24) is 14.8 Å². The van der Waals surface area contributed by atoms with Crippen LogP contribution in [0.15, 0.2) is 18.5 Å².